The standard InChI is InChI=1S/C21H20N6OS2/c1-3-15-7-4-5-9-17(15)27-19(16-8-6-10-22-11-16)25-26-21(27)30-13-18(28)24-20-23-14(2)12-29-20/h4-12H,3,13H2,1-2H3,(H,23,24,28). The molecular formula is C21H20N6OS2. The van der Waals surface area contributed by atoms with Gasteiger partial charge in [0.15, 0.2) is 16.1 Å². The van der Waals surface area contributed by atoms with Crippen molar-refractivity contribution < 1.29 is 4.79 Å². The van der Waals surface area contributed by atoms with Crippen LogP contribution in [-0.4, -0.2) is 36.4 Å². The van der Waals surface area contributed by atoms with Gasteiger partial charge in [-0.3, -0.25) is 14.3 Å². The number of hydrogen-bond acceptors (Lipinski definition) is 7. The van der Waals surface area contributed by atoms with E-state index in [4.69, 9.17) is 0 Å². The molecule has 0 aliphatic carbocycles. The molecule has 0 aliphatic rings. The van der Waals surface area contributed by atoms with Crippen molar-refractivity contribution in [1.29, 1.82) is 0 Å². The lowest BCUT2D eigenvalue weighted by Gasteiger charge is -2.13. The Bertz CT molecular complexity index is 1160. The summed E-state index contributed by atoms with van der Waals surface area (Å²) < 4.78 is 2.00. The van der Waals surface area contributed by atoms with Crippen molar-refractivity contribution in [3.05, 3.63) is 65.4 Å². The average Bonchev–Trinajstić information content (AvgIpc) is 3.38. The number of thiazole rings is 1. The SMILES string of the molecule is CCc1ccccc1-n1c(SCC(=O)Nc2nc(C)cs2)nnc1-c1cccnc1. The van der Waals surface area contributed by atoms with E-state index in [0.29, 0.717) is 16.1 Å². The molecule has 0 atom stereocenters. The highest BCUT2D eigenvalue weighted by Gasteiger charge is 2.19. The summed E-state index contributed by atoms with van der Waals surface area (Å²) in [5.74, 6) is 0.774. The molecule has 152 valence electrons. The predicted octanol–water partition coefficient (Wildman–Crippen LogP) is 4.39. The van der Waals surface area contributed by atoms with Crippen molar-refractivity contribution >= 4 is 34.1 Å². The Labute approximate surface area is 182 Å². The molecule has 4 aromatic rings. The number of thioether (sulfide) groups is 1. The summed E-state index contributed by atoms with van der Waals surface area (Å²) in [4.78, 5) is 20.9. The van der Waals surface area contributed by atoms with E-state index in [-0.39, 0.29) is 11.7 Å². The van der Waals surface area contributed by atoms with Gasteiger partial charge < -0.3 is 5.32 Å². The predicted molar refractivity (Wildman–Crippen MR) is 120 cm³/mol. The van der Waals surface area contributed by atoms with E-state index in [1.54, 1.807) is 12.4 Å². The van der Waals surface area contributed by atoms with Gasteiger partial charge in [-0.15, -0.1) is 21.5 Å². The molecule has 0 bridgehead atoms. The fourth-order valence-corrected chi connectivity index (χ4v) is 4.44. The zero-order valence-corrected chi connectivity index (χ0v) is 18.2. The lowest BCUT2D eigenvalue weighted by Crippen LogP contribution is -2.14. The van der Waals surface area contributed by atoms with E-state index in [1.807, 2.05) is 47.2 Å². The molecule has 30 heavy (non-hydrogen) atoms. The van der Waals surface area contributed by atoms with E-state index < -0.39 is 0 Å². The Hall–Kier alpha value is -3.04. The van der Waals surface area contributed by atoms with Crippen LogP contribution in [-0.2, 0) is 11.2 Å². The number of carbonyl (C=O) groups is 1. The topological polar surface area (TPSA) is 85.6 Å². The number of anilines is 1. The molecule has 9 heteroatoms. The summed E-state index contributed by atoms with van der Waals surface area (Å²) in [5.41, 5.74) is 3.93. The molecule has 0 saturated carbocycles. The molecule has 0 saturated heterocycles. The Morgan fingerprint density at radius 2 is 2.07 bits per heavy atom. The van der Waals surface area contributed by atoms with Crippen LogP contribution in [0, 0.1) is 6.92 Å². The number of amides is 1. The van der Waals surface area contributed by atoms with Crippen LogP contribution < -0.4 is 5.32 Å². The van der Waals surface area contributed by atoms with Gasteiger partial charge in [0.05, 0.1) is 17.1 Å². The average molecular weight is 437 g/mol. The minimum absolute atomic E-state index is 0.129. The maximum Gasteiger partial charge on any atom is 0.236 e. The van der Waals surface area contributed by atoms with Gasteiger partial charge in [-0.25, -0.2) is 4.98 Å². The van der Waals surface area contributed by atoms with Gasteiger partial charge in [0.2, 0.25) is 5.91 Å². The van der Waals surface area contributed by atoms with Crippen LogP contribution >= 0.6 is 23.1 Å². The largest absolute Gasteiger partial charge is 0.301 e. The van der Waals surface area contributed by atoms with Crippen LogP contribution in [0.1, 0.15) is 18.2 Å². The summed E-state index contributed by atoms with van der Waals surface area (Å²) in [7, 11) is 0. The summed E-state index contributed by atoms with van der Waals surface area (Å²) in [6.45, 7) is 4.01. The van der Waals surface area contributed by atoms with Crippen LogP contribution in [0.2, 0.25) is 0 Å². The van der Waals surface area contributed by atoms with E-state index in [0.717, 1.165) is 23.4 Å². The number of aromatic nitrogens is 5. The summed E-state index contributed by atoms with van der Waals surface area (Å²) >= 11 is 2.76. The van der Waals surface area contributed by atoms with Crippen molar-refractivity contribution in [3.63, 3.8) is 0 Å². The van der Waals surface area contributed by atoms with E-state index >= 15 is 0 Å². The van der Waals surface area contributed by atoms with Gasteiger partial charge >= 0.3 is 0 Å². The molecule has 1 N–H and O–H groups in total. The first-order valence-electron chi connectivity index (χ1n) is 9.44. The molecule has 4 rings (SSSR count). The van der Waals surface area contributed by atoms with Crippen molar-refractivity contribution in [2.45, 2.75) is 25.4 Å². The van der Waals surface area contributed by atoms with E-state index in [2.05, 4.69) is 38.5 Å². The number of benzene rings is 1. The van der Waals surface area contributed by atoms with E-state index in [9.17, 15) is 4.79 Å². The summed E-state index contributed by atoms with van der Waals surface area (Å²) in [5, 5.41) is 14.8. The number of aryl methyl sites for hydroxylation is 2. The molecular weight excluding hydrogens is 416 g/mol. The fraction of sp³-hybridized carbons (Fsp3) is 0.190. The first kappa shape index (κ1) is 20.2. The van der Waals surface area contributed by atoms with Gasteiger partial charge in [-0.2, -0.15) is 0 Å². The van der Waals surface area contributed by atoms with E-state index in [1.165, 1.54) is 28.7 Å². The van der Waals surface area contributed by atoms with Crippen molar-refractivity contribution in [1.82, 2.24) is 24.7 Å². The van der Waals surface area contributed by atoms with Gasteiger partial charge in [0.25, 0.3) is 0 Å². The van der Waals surface area contributed by atoms with Crippen molar-refractivity contribution in [2.75, 3.05) is 11.1 Å². The van der Waals surface area contributed by atoms with Gasteiger partial charge in [0.1, 0.15) is 0 Å². The molecule has 0 radical (unpaired) electrons. The van der Waals surface area contributed by atoms with Crippen molar-refractivity contribution in [3.8, 4) is 17.1 Å². The molecule has 1 amide bonds. The molecule has 1 aromatic carbocycles. The first-order chi connectivity index (χ1) is 14.7. The van der Waals surface area contributed by atoms with Crippen LogP contribution in [0.25, 0.3) is 17.1 Å². The Kier molecular flexibility index (Phi) is 6.20. The van der Waals surface area contributed by atoms with Crippen LogP contribution in [0.3, 0.4) is 0 Å². The quantitative estimate of drug-likeness (QED) is 0.433. The number of rotatable bonds is 7. The fourth-order valence-electron chi connectivity index (χ4n) is 2.99. The second-order valence-corrected chi connectivity index (χ2v) is 8.30. The number of carbonyl (C=O) groups excluding carboxylic acids is 1. The number of nitrogens with one attached hydrogen (secondary N) is 1. The minimum atomic E-state index is -0.129. The molecule has 7 nitrogen and oxygen atoms in total. The molecule has 3 heterocycles. The third-order valence-electron chi connectivity index (χ3n) is 4.36. The molecule has 0 unspecified atom stereocenters. The third kappa shape index (κ3) is 4.42. The van der Waals surface area contributed by atoms with Crippen molar-refractivity contribution in [2.24, 2.45) is 0 Å². The second-order valence-electron chi connectivity index (χ2n) is 6.50. The highest BCUT2D eigenvalue weighted by atomic mass is 32.2. The normalized spacial score (nSPS) is 10.9. The number of nitrogens with zero attached hydrogens (tertiary/aromatic N) is 5. The van der Waals surface area contributed by atoms with Crippen LogP contribution in [0.5, 0.6) is 0 Å². The van der Waals surface area contributed by atoms with Gasteiger partial charge in [0, 0.05) is 23.3 Å². The smallest absolute Gasteiger partial charge is 0.236 e. The Morgan fingerprint density at radius 1 is 1.20 bits per heavy atom. The monoisotopic (exact) mass is 436 g/mol. The molecule has 0 aliphatic heterocycles. The summed E-state index contributed by atoms with van der Waals surface area (Å²) in [6, 6.07) is 12.0. The lowest BCUT2D eigenvalue weighted by atomic mass is 10.1. The highest BCUT2D eigenvalue weighted by Crippen LogP contribution is 2.29. The maximum absolute atomic E-state index is 12.4. The zero-order valence-electron chi connectivity index (χ0n) is 16.6. The number of para-hydroxylation sites is 1. The number of pyridine rings is 1. The minimum Gasteiger partial charge on any atom is -0.301 e. The lowest BCUT2D eigenvalue weighted by molar-refractivity contribution is -0.113. The highest BCUT2D eigenvalue weighted by molar-refractivity contribution is 7.99. The van der Waals surface area contributed by atoms with Crippen LogP contribution in [0.4, 0.5) is 5.13 Å². The third-order valence-corrected chi connectivity index (χ3v) is 6.17. The van der Waals surface area contributed by atoms with Gasteiger partial charge in [-0.05, 0) is 37.1 Å². The molecule has 0 fully saturated rings. The first-order valence-corrected chi connectivity index (χ1v) is 11.3. The number of hydrogen-bond donors (Lipinski definition) is 1. The maximum atomic E-state index is 12.4. The second kappa shape index (κ2) is 9.19. The Morgan fingerprint density at radius 3 is 2.80 bits per heavy atom. The molecule has 0 spiro atoms. The summed E-state index contributed by atoms with van der Waals surface area (Å²) in [6.07, 6.45) is 4.36. The van der Waals surface area contributed by atoms with Gasteiger partial charge in [-0.1, -0.05) is 36.9 Å². The molecule has 3 aromatic heterocycles. The Balaban J connectivity index is 1.64. The zero-order chi connectivity index (χ0) is 20.9. The van der Waals surface area contributed by atoms with Crippen LogP contribution in [0.15, 0.2) is 59.3 Å².